The summed E-state index contributed by atoms with van der Waals surface area (Å²) in [6.07, 6.45) is -4.17. The summed E-state index contributed by atoms with van der Waals surface area (Å²) in [6, 6.07) is 11.5. The molecule has 160 valence electrons. The lowest BCUT2D eigenvalue weighted by molar-refractivity contribution is -0.138. The van der Waals surface area contributed by atoms with Crippen LogP contribution >= 0.6 is 0 Å². The first-order valence-electron chi connectivity index (χ1n) is 9.34. The molecule has 0 atom stereocenters. The van der Waals surface area contributed by atoms with E-state index >= 15 is 0 Å². The van der Waals surface area contributed by atoms with Gasteiger partial charge in [0.25, 0.3) is 11.5 Å². The second-order valence-electron chi connectivity index (χ2n) is 6.95. The van der Waals surface area contributed by atoms with Crippen molar-refractivity contribution in [3.8, 4) is 11.8 Å². The smallest absolute Gasteiger partial charge is 0.416 e. The van der Waals surface area contributed by atoms with E-state index in [0.29, 0.717) is 5.52 Å². The Morgan fingerprint density at radius 2 is 1.94 bits per heavy atom. The number of nitrogens with zero attached hydrogens (tertiary/aromatic N) is 2. The van der Waals surface area contributed by atoms with Gasteiger partial charge in [0.05, 0.1) is 28.3 Å². The summed E-state index contributed by atoms with van der Waals surface area (Å²) in [5, 5.41) is 22.1. The number of amides is 1. The fraction of sp³-hybridized carbons (Fsp3) is 0.227. The topological polar surface area (TPSA) is 95.1 Å². The molecule has 0 radical (unpaired) electrons. The lowest BCUT2D eigenvalue weighted by atomic mass is 10.0. The van der Waals surface area contributed by atoms with Crippen molar-refractivity contribution in [3.05, 3.63) is 75.1 Å². The molecular weight excluding hydrogens is 411 g/mol. The molecule has 3 rings (SSSR count). The van der Waals surface area contributed by atoms with Crippen molar-refractivity contribution in [3.63, 3.8) is 0 Å². The van der Waals surface area contributed by atoms with Crippen LogP contribution in [0.1, 0.15) is 33.5 Å². The maximum absolute atomic E-state index is 13.1. The fourth-order valence-electron chi connectivity index (χ4n) is 3.41. The predicted octanol–water partition coefficient (Wildman–Crippen LogP) is 3.50. The van der Waals surface area contributed by atoms with Gasteiger partial charge < -0.3 is 15.0 Å². The number of aromatic nitrogens is 1. The molecule has 1 aromatic heterocycles. The monoisotopic (exact) mass is 429 g/mol. The third-order valence-corrected chi connectivity index (χ3v) is 4.96. The van der Waals surface area contributed by atoms with Gasteiger partial charge >= 0.3 is 6.18 Å². The molecule has 0 aliphatic carbocycles. The summed E-state index contributed by atoms with van der Waals surface area (Å²) in [6.45, 7) is 0.0269. The van der Waals surface area contributed by atoms with Gasteiger partial charge in [-0.2, -0.15) is 18.4 Å². The van der Waals surface area contributed by atoms with Crippen LogP contribution in [0.3, 0.4) is 0 Å². The summed E-state index contributed by atoms with van der Waals surface area (Å²) in [5.74, 6) is -1.51. The molecule has 0 aliphatic heterocycles. The van der Waals surface area contributed by atoms with Gasteiger partial charge in [-0.3, -0.25) is 9.59 Å². The molecule has 31 heavy (non-hydrogen) atoms. The van der Waals surface area contributed by atoms with Crippen molar-refractivity contribution in [2.24, 2.45) is 7.05 Å². The van der Waals surface area contributed by atoms with Crippen LogP contribution in [-0.2, 0) is 19.6 Å². The summed E-state index contributed by atoms with van der Waals surface area (Å²) in [7, 11) is 1.43. The number of nitriles is 1. The Hall–Kier alpha value is -3.80. The predicted molar refractivity (Wildman–Crippen MR) is 108 cm³/mol. The Kier molecular flexibility index (Phi) is 6.02. The van der Waals surface area contributed by atoms with Crippen LogP contribution in [0.25, 0.3) is 10.9 Å². The molecule has 1 amide bonds. The van der Waals surface area contributed by atoms with Gasteiger partial charge in [0, 0.05) is 19.0 Å². The zero-order valence-electron chi connectivity index (χ0n) is 16.5. The summed E-state index contributed by atoms with van der Waals surface area (Å²) >= 11 is 0. The van der Waals surface area contributed by atoms with E-state index in [2.05, 4.69) is 5.32 Å². The van der Waals surface area contributed by atoms with Crippen LogP contribution in [-0.4, -0.2) is 22.1 Å². The standard InChI is InChI=1S/C22H18F3N3O3/c1-28-17-9-8-13(12-26)11-15(17)18(19(29)21(28)31)20(30)27-10-4-6-14-5-2-3-7-16(14)22(23,24)25/h2-3,5,7-9,11,29H,4,6,10H2,1H3,(H,27,30). The van der Waals surface area contributed by atoms with Crippen LogP contribution in [0.5, 0.6) is 5.75 Å². The van der Waals surface area contributed by atoms with Crippen molar-refractivity contribution < 1.29 is 23.1 Å². The fourth-order valence-corrected chi connectivity index (χ4v) is 3.41. The van der Waals surface area contributed by atoms with Gasteiger partial charge in [-0.1, -0.05) is 18.2 Å². The lowest BCUT2D eigenvalue weighted by Crippen LogP contribution is -2.28. The Balaban J connectivity index is 1.81. The Bertz CT molecular complexity index is 1260. The van der Waals surface area contributed by atoms with Crippen molar-refractivity contribution >= 4 is 16.8 Å². The minimum absolute atomic E-state index is 0.0269. The molecule has 9 heteroatoms. The largest absolute Gasteiger partial charge is 0.502 e. The van der Waals surface area contributed by atoms with Crippen LogP contribution in [0.2, 0.25) is 0 Å². The minimum Gasteiger partial charge on any atom is -0.502 e. The van der Waals surface area contributed by atoms with Gasteiger partial charge in [-0.25, -0.2) is 0 Å². The first-order valence-corrected chi connectivity index (χ1v) is 9.34. The molecule has 0 fully saturated rings. The van der Waals surface area contributed by atoms with Gasteiger partial charge in [0.2, 0.25) is 0 Å². The molecule has 2 aromatic carbocycles. The van der Waals surface area contributed by atoms with E-state index in [4.69, 9.17) is 5.26 Å². The molecule has 1 heterocycles. The highest BCUT2D eigenvalue weighted by atomic mass is 19.4. The van der Waals surface area contributed by atoms with Crippen LogP contribution < -0.4 is 10.9 Å². The number of aryl methyl sites for hydroxylation is 2. The number of carbonyl (C=O) groups excluding carboxylic acids is 1. The van der Waals surface area contributed by atoms with E-state index in [1.165, 1.54) is 43.4 Å². The zero-order chi connectivity index (χ0) is 22.8. The first kappa shape index (κ1) is 21.9. The summed E-state index contributed by atoms with van der Waals surface area (Å²) in [5.41, 5.74) is -1.06. The van der Waals surface area contributed by atoms with Crippen LogP contribution in [0.15, 0.2) is 47.3 Å². The summed E-state index contributed by atoms with van der Waals surface area (Å²) in [4.78, 5) is 25.0. The van der Waals surface area contributed by atoms with Gasteiger partial charge in [-0.15, -0.1) is 0 Å². The molecule has 0 unspecified atom stereocenters. The number of fused-ring (bicyclic) bond motifs is 1. The highest BCUT2D eigenvalue weighted by Gasteiger charge is 2.32. The normalized spacial score (nSPS) is 11.3. The molecule has 0 spiro atoms. The van der Waals surface area contributed by atoms with Gasteiger partial charge in [0.15, 0.2) is 5.75 Å². The number of alkyl halides is 3. The number of nitrogens with one attached hydrogen (secondary N) is 1. The van der Waals surface area contributed by atoms with E-state index < -0.39 is 29.0 Å². The number of hydrogen-bond donors (Lipinski definition) is 2. The number of hydrogen-bond acceptors (Lipinski definition) is 4. The average molecular weight is 429 g/mol. The quantitative estimate of drug-likeness (QED) is 0.607. The molecule has 0 saturated heterocycles. The highest BCUT2D eigenvalue weighted by Crippen LogP contribution is 2.32. The molecule has 3 aromatic rings. The Morgan fingerprint density at radius 1 is 1.23 bits per heavy atom. The first-order chi connectivity index (χ1) is 14.6. The minimum atomic E-state index is -4.47. The molecule has 0 aliphatic rings. The SMILES string of the molecule is Cn1c(=O)c(O)c(C(=O)NCCCc2ccccc2C(F)(F)F)c2cc(C#N)ccc21. The Morgan fingerprint density at radius 3 is 2.61 bits per heavy atom. The number of aromatic hydroxyl groups is 1. The van der Waals surface area contributed by atoms with Gasteiger partial charge in [0.1, 0.15) is 0 Å². The molecule has 6 nitrogen and oxygen atoms in total. The number of carbonyl (C=O) groups is 1. The molecule has 0 bridgehead atoms. The summed E-state index contributed by atoms with van der Waals surface area (Å²) < 4.78 is 40.4. The number of pyridine rings is 1. The van der Waals surface area contributed by atoms with E-state index in [0.717, 1.165) is 10.6 Å². The molecular formula is C22H18F3N3O3. The second kappa shape index (κ2) is 8.52. The van der Waals surface area contributed by atoms with Crippen molar-refractivity contribution in [2.75, 3.05) is 6.54 Å². The zero-order valence-corrected chi connectivity index (χ0v) is 16.5. The van der Waals surface area contributed by atoms with Crippen LogP contribution in [0, 0.1) is 11.3 Å². The van der Waals surface area contributed by atoms with E-state index in [9.17, 15) is 27.9 Å². The number of rotatable bonds is 5. The third kappa shape index (κ3) is 4.38. The Labute approximate surface area is 175 Å². The van der Waals surface area contributed by atoms with Crippen molar-refractivity contribution in [1.82, 2.24) is 9.88 Å². The second-order valence-corrected chi connectivity index (χ2v) is 6.95. The lowest BCUT2D eigenvalue weighted by Gasteiger charge is -2.14. The van der Waals surface area contributed by atoms with E-state index in [1.54, 1.807) is 0 Å². The third-order valence-electron chi connectivity index (χ3n) is 4.96. The van der Waals surface area contributed by atoms with E-state index in [1.807, 2.05) is 6.07 Å². The van der Waals surface area contributed by atoms with Crippen molar-refractivity contribution in [2.45, 2.75) is 19.0 Å². The van der Waals surface area contributed by atoms with Gasteiger partial charge in [-0.05, 0) is 42.7 Å². The maximum Gasteiger partial charge on any atom is 0.416 e. The van der Waals surface area contributed by atoms with E-state index in [-0.39, 0.29) is 41.5 Å². The van der Waals surface area contributed by atoms with Crippen LogP contribution in [0.4, 0.5) is 13.2 Å². The average Bonchev–Trinajstić information content (AvgIpc) is 2.74. The van der Waals surface area contributed by atoms with Crippen molar-refractivity contribution in [1.29, 1.82) is 5.26 Å². The highest BCUT2D eigenvalue weighted by molar-refractivity contribution is 6.08. The molecule has 0 saturated carbocycles. The number of benzene rings is 2. The molecule has 2 N–H and O–H groups in total. The maximum atomic E-state index is 13.1. The number of halogens is 3.